The van der Waals surface area contributed by atoms with Crippen molar-refractivity contribution in [3.05, 3.63) is 18.2 Å². The number of ketones is 1. The first-order valence-electron chi connectivity index (χ1n) is 9.17. The number of rotatable bonds is 7. The van der Waals surface area contributed by atoms with Crippen molar-refractivity contribution in [3.8, 4) is 0 Å². The summed E-state index contributed by atoms with van der Waals surface area (Å²) in [6.07, 6.45) is 4.89. The summed E-state index contributed by atoms with van der Waals surface area (Å²) in [6.45, 7) is 1.82. The van der Waals surface area contributed by atoms with Crippen LogP contribution in [-0.4, -0.2) is 62.2 Å². The molecule has 0 aromatic carbocycles. The molecule has 10 nitrogen and oxygen atoms in total. The van der Waals surface area contributed by atoms with Crippen LogP contribution in [0, 0.1) is 0 Å². The van der Waals surface area contributed by atoms with Crippen molar-refractivity contribution >= 4 is 35.3 Å². The lowest BCUT2D eigenvalue weighted by atomic mass is 10.0. The van der Waals surface area contributed by atoms with E-state index in [-0.39, 0.29) is 23.4 Å². The lowest BCUT2D eigenvalue weighted by Crippen LogP contribution is -2.56. The van der Waals surface area contributed by atoms with E-state index in [2.05, 4.69) is 25.9 Å². The summed E-state index contributed by atoms with van der Waals surface area (Å²) in [5, 5.41) is 7.53. The van der Waals surface area contributed by atoms with E-state index in [1.807, 2.05) is 6.92 Å². The molecule has 3 heterocycles. The minimum atomic E-state index is -0.849. The van der Waals surface area contributed by atoms with Crippen molar-refractivity contribution in [3.63, 3.8) is 0 Å². The Morgan fingerprint density at radius 2 is 2.21 bits per heavy atom. The topological polar surface area (TPSA) is 159 Å². The van der Waals surface area contributed by atoms with Crippen molar-refractivity contribution in [2.75, 3.05) is 0 Å². The normalized spacial score (nSPS) is 28.4. The molecule has 0 radical (unpaired) electrons. The molecule has 152 valence electrons. The van der Waals surface area contributed by atoms with Crippen LogP contribution >= 0.6 is 11.8 Å². The molecule has 5 atom stereocenters. The summed E-state index contributed by atoms with van der Waals surface area (Å²) in [4.78, 5) is 55.8. The molecule has 1 aromatic rings. The maximum Gasteiger partial charge on any atom is 0.243 e. The van der Waals surface area contributed by atoms with Gasteiger partial charge in [-0.05, 0) is 12.8 Å². The number of nitrogens with one attached hydrogen (secondary N) is 4. The second-order valence-corrected chi connectivity index (χ2v) is 8.50. The number of Topliss-reactive ketones (excluding diaryl/α,β-unsaturated/α-hetero) is 1. The number of nitrogens with zero attached hydrogens (tertiary/aromatic N) is 1. The van der Waals surface area contributed by atoms with Crippen LogP contribution < -0.4 is 21.7 Å². The molecule has 4 unspecified atom stereocenters. The van der Waals surface area contributed by atoms with Crippen LogP contribution in [0.2, 0.25) is 0 Å². The van der Waals surface area contributed by atoms with E-state index in [4.69, 9.17) is 5.73 Å². The maximum absolute atomic E-state index is 13.1. The van der Waals surface area contributed by atoms with Crippen LogP contribution in [0.25, 0.3) is 0 Å². The van der Waals surface area contributed by atoms with Crippen LogP contribution in [0.15, 0.2) is 12.5 Å². The van der Waals surface area contributed by atoms with E-state index >= 15 is 0 Å². The van der Waals surface area contributed by atoms with Crippen LogP contribution in [0.5, 0.6) is 0 Å². The standard InChI is InChI=1S/C17H24N6O4S/c1-8-13(15(18)26)23-17(28-8)14(25)11(5-9-6-19-7-20-9)22-16(27)10-3-2-4-12(24)21-10/h6-8,10-11,13,17,23H,2-5H2,1H3,(H2,18,26)(H,19,20)(H,21,24)(H,22,27)/t8?,10?,11-,13?,17?/m0/s1. The zero-order valence-electron chi connectivity index (χ0n) is 15.4. The molecule has 0 saturated carbocycles. The van der Waals surface area contributed by atoms with Gasteiger partial charge in [-0.15, -0.1) is 11.8 Å². The average Bonchev–Trinajstić information content (AvgIpc) is 3.30. The van der Waals surface area contributed by atoms with E-state index in [9.17, 15) is 19.2 Å². The molecule has 2 saturated heterocycles. The first-order chi connectivity index (χ1) is 13.3. The smallest absolute Gasteiger partial charge is 0.243 e. The van der Waals surface area contributed by atoms with Crippen LogP contribution in [-0.2, 0) is 25.6 Å². The minimum Gasteiger partial charge on any atom is -0.368 e. The zero-order valence-corrected chi connectivity index (χ0v) is 16.3. The summed E-state index contributed by atoms with van der Waals surface area (Å²) >= 11 is 1.30. The molecule has 0 aliphatic carbocycles. The van der Waals surface area contributed by atoms with Gasteiger partial charge >= 0.3 is 0 Å². The molecule has 2 fully saturated rings. The van der Waals surface area contributed by atoms with Crippen molar-refractivity contribution in [2.24, 2.45) is 5.73 Å². The third kappa shape index (κ3) is 4.71. The number of hydrogen-bond acceptors (Lipinski definition) is 7. The SMILES string of the molecule is CC1SC(C(=O)[C@H](Cc2c[nH]cn2)NC(=O)C2CCCC(=O)N2)NC1C(N)=O. The second-order valence-electron chi connectivity index (χ2n) is 7.01. The number of carbonyl (C=O) groups excluding carboxylic acids is 4. The van der Waals surface area contributed by atoms with Crippen molar-refractivity contribution < 1.29 is 19.2 Å². The lowest BCUT2D eigenvalue weighted by molar-refractivity contribution is -0.133. The fourth-order valence-electron chi connectivity index (χ4n) is 3.39. The number of amides is 3. The first kappa shape index (κ1) is 20.3. The summed E-state index contributed by atoms with van der Waals surface area (Å²) in [5.74, 6) is -1.36. The van der Waals surface area contributed by atoms with Crippen molar-refractivity contribution in [1.29, 1.82) is 0 Å². The zero-order chi connectivity index (χ0) is 20.3. The number of hydrogen-bond donors (Lipinski definition) is 5. The van der Waals surface area contributed by atoms with Gasteiger partial charge in [-0.2, -0.15) is 0 Å². The number of nitrogens with two attached hydrogens (primary N) is 1. The highest BCUT2D eigenvalue weighted by Gasteiger charge is 2.41. The number of thioether (sulfide) groups is 1. The average molecular weight is 408 g/mol. The van der Waals surface area contributed by atoms with Crippen LogP contribution in [0.4, 0.5) is 0 Å². The fraction of sp³-hybridized carbons (Fsp3) is 0.588. The molecule has 28 heavy (non-hydrogen) atoms. The molecule has 0 spiro atoms. The molecule has 1 aromatic heterocycles. The van der Waals surface area contributed by atoms with E-state index in [0.29, 0.717) is 25.0 Å². The number of imidazole rings is 1. The Labute approximate surface area is 166 Å². The van der Waals surface area contributed by atoms with Crippen molar-refractivity contribution in [1.82, 2.24) is 25.9 Å². The monoisotopic (exact) mass is 408 g/mol. The Morgan fingerprint density at radius 1 is 1.43 bits per heavy atom. The second kappa shape index (κ2) is 8.74. The maximum atomic E-state index is 13.1. The number of aromatic amines is 1. The molecular weight excluding hydrogens is 384 g/mol. The minimum absolute atomic E-state index is 0.161. The van der Waals surface area contributed by atoms with E-state index < -0.39 is 35.3 Å². The summed E-state index contributed by atoms with van der Waals surface area (Å²) in [7, 11) is 0. The molecular formula is C17H24N6O4S. The lowest BCUT2D eigenvalue weighted by Gasteiger charge is -2.26. The van der Waals surface area contributed by atoms with Gasteiger partial charge in [0.15, 0.2) is 5.78 Å². The van der Waals surface area contributed by atoms with E-state index in [1.165, 1.54) is 18.1 Å². The molecule has 2 aliphatic heterocycles. The van der Waals surface area contributed by atoms with Gasteiger partial charge in [0.1, 0.15) is 11.4 Å². The molecule has 2 aliphatic rings. The molecule has 11 heteroatoms. The summed E-state index contributed by atoms with van der Waals surface area (Å²) in [6, 6.07) is -2.12. The molecule has 0 bridgehead atoms. The number of H-pyrrole nitrogens is 1. The largest absolute Gasteiger partial charge is 0.368 e. The molecule has 3 amide bonds. The number of primary amides is 1. The van der Waals surface area contributed by atoms with Crippen molar-refractivity contribution in [2.45, 2.75) is 61.4 Å². The predicted molar refractivity (Wildman–Crippen MR) is 102 cm³/mol. The van der Waals surface area contributed by atoms with Gasteiger partial charge in [0.05, 0.1) is 24.1 Å². The van der Waals surface area contributed by atoms with Gasteiger partial charge in [-0.3, -0.25) is 24.5 Å². The Kier molecular flexibility index (Phi) is 6.35. The predicted octanol–water partition coefficient (Wildman–Crippen LogP) is -1.42. The van der Waals surface area contributed by atoms with Gasteiger partial charge in [0, 0.05) is 24.3 Å². The highest BCUT2D eigenvalue weighted by Crippen LogP contribution is 2.28. The summed E-state index contributed by atoms with van der Waals surface area (Å²) in [5.41, 5.74) is 6.00. The quantitative estimate of drug-likeness (QED) is 0.370. The Morgan fingerprint density at radius 3 is 2.82 bits per heavy atom. The van der Waals surface area contributed by atoms with Gasteiger partial charge < -0.3 is 21.4 Å². The van der Waals surface area contributed by atoms with Gasteiger partial charge in [-0.1, -0.05) is 6.92 Å². The Hall–Kier alpha value is -2.40. The van der Waals surface area contributed by atoms with Gasteiger partial charge in [0.2, 0.25) is 17.7 Å². The van der Waals surface area contributed by atoms with Gasteiger partial charge in [-0.25, -0.2) is 4.98 Å². The number of aromatic nitrogens is 2. The summed E-state index contributed by atoms with van der Waals surface area (Å²) < 4.78 is 0. The first-order valence-corrected chi connectivity index (χ1v) is 10.1. The van der Waals surface area contributed by atoms with Crippen LogP contribution in [0.1, 0.15) is 31.9 Å². The Bertz CT molecular complexity index is 755. The van der Waals surface area contributed by atoms with Gasteiger partial charge in [0.25, 0.3) is 0 Å². The molecule has 3 rings (SSSR count). The molecule has 6 N–H and O–H groups in total. The van der Waals surface area contributed by atoms with E-state index in [1.54, 1.807) is 6.20 Å². The highest BCUT2D eigenvalue weighted by atomic mass is 32.2. The Balaban J connectivity index is 1.71. The third-order valence-electron chi connectivity index (χ3n) is 4.89. The highest BCUT2D eigenvalue weighted by molar-refractivity contribution is 8.01. The number of piperidine rings is 1. The third-order valence-corrected chi connectivity index (χ3v) is 6.23. The van der Waals surface area contributed by atoms with E-state index in [0.717, 1.165) is 0 Å². The number of carbonyl (C=O) groups is 4. The fourth-order valence-corrected chi connectivity index (χ4v) is 4.71. The van der Waals surface area contributed by atoms with Crippen LogP contribution in [0.3, 0.4) is 0 Å².